The average Bonchev–Trinajstić information content (AvgIpc) is 2.99. The molecule has 0 radical (unpaired) electrons. The van der Waals surface area contributed by atoms with Gasteiger partial charge in [-0.05, 0) is 49.9 Å². The molecule has 0 saturated heterocycles. The highest BCUT2D eigenvalue weighted by atomic mass is 16.6. The fourth-order valence-corrected chi connectivity index (χ4v) is 3.59. The molecule has 2 aromatic rings. The lowest BCUT2D eigenvalue weighted by atomic mass is 9.95. The maximum absolute atomic E-state index is 13.0. The lowest BCUT2D eigenvalue weighted by Crippen LogP contribution is -2.32. The van der Waals surface area contributed by atoms with Crippen LogP contribution in [0.4, 0.5) is 0 Å². The molecular formula is C22H28N2O5. The summed E-state index contributed by atoms with van der Waals surface area (Å²) < 4.78 is 16.4. The van der Waals surface area contributed by atoms with Crippen LogP contribution in [0.3, 0.4) is 0 Å². The Hall–Kier alpha value is -2.96. The molecule has 0 aliphatic carbocycles. The summed E-state index contributed by atoms with van der Waals surface area (Å²) in [6, 6.07) is 5.49. The van der Waals surface area contributed by atoms with Crippen LogP contribution in [0, 0.1) is 19.8 Å². The number of aryl methyl sites for hydroxylation is 1. The number of aromatic amines is 1. The van der Waals surface area contributed by atoms with Gasteiger partial charge in [-0.15, -0.1) is 0 Å². The molecule has 2 N–H and O–H groups in total. The molecule has 1 aliphatic heterocycles. The van der Waals surface area contributed by atoms with E-state index in [4.69, 9.17) is 14.2 Å². The molecule has 0 spiro atoms. The van der Waals surface area contributed by atoms with Gasteiger partial charge in [0.05, 0.1) is 18.2 Å². The van der Waals surface area contributed by atoms with E-state index in [1.807, 2.05) is 32.0 Å². The van der Waals surface area contributed by atoms with Crippen LogP contribution in [-0.4, -0.2) is 36.7 Å². The van der Waals surface area contributed by atoms with E-state index in [0.29, 0.717) is 47.2 Å². The highest BCUT2D eigenvalue weighted by molar-refractivity contribution is 6.00. The molecule has 1 amide bonds. The minimum Gasteiger partial charge on any atom is -0.486 e. The number of esters is 1. The Kier molecular flexibility index (Phi) is 6.15. The highest BCUT2D eigenvalue weighted by Gasteiger charge is 2.26. The van der Waals surface area contributed by atoms with E-state index in [9.17, 15) is 9.59 Å². The largest absolute Gasteiger partial charge is 0.486 e. The number of H-pyrrole nitrogens is 1. The minimum absolute atomic E-state index is 0.141. The number of rotatable bonds is 6. The SMILES string of the molecule is CCOC(=O)c1c(C)[nH]c(C(=O)NC(c2ccc3c(c2)OCCO3)C(C)C)c1C. The average molecular weight is 400 g/mol. The monoisotopic (exact) mass is 400 g/mol. The normalized spacial score (nSPS) is 13.9. The van der Waals surface area contributed by atoms with Crippen molar-refractivity contribution in [2.45, 2.75) is 40.7 Å². The van der Waals surface area contributed by atoms with Crippen molar-refractivity contribution in [1.29, 1.82) is 0 Å². The van der Waals surface area contributed by atoms with Crippen molar-refractivity contribution in [2.24, 2.45) is 5.92 Å². The molecule has 7 heteroatoms. The second-order valence-corrected chi connectivity index (χ2v) is 7.44. The van der Waals surface area contributed by atoms with Gasteiger partial charge in [-0.2, -0.15) is 0 Å². The zero-order valence-corrected chi connectivity index (χ0v) is 17.5. The molecule has 1 unspecified atom stereocenters. The van der Waals surface area contributed by atoms with E-state index in [1.165, 1.54) is 0 Å². The quantitative estimate of drug-likeness (QED) is 0.722. The highest BCUT2D eigenvalue weighted by Crippen LogP contribution is 2.34. The first-order valence-electron chi connectivity index (χ1n) is 9.90. The third kappa shape index (κ3) is 4.23. The topological polar surface area (TPSA) is 89.7 Å². The summed E-state index contributed by atoms with van der Waals surface area (Å²) >= 11 is 0. The Morgan fingerprint density at radius 1 is 1.17 bits per heavy atom. The molecule has 1 aromatic heterocycles. The first kappa shape index (κ1) is 20.8. The lowest BCUT2D eigenvalue weighted by molar-refractivity contribution is 0.0525. The van der Waals surface area contributed by atoms with Crippen molar-refractivity contribution in [3.05, 3.63) is 46.3 Å². The lowest BCUT2D eigenvalue weighted by Gasteiger charge is -2.25. The third-order valence-electron chi connectivity index (χ3n) is 5.02. The summed E-state index contributed by atoms with van der Waals surface area (Å²) in [4.78, 5) is 28.3. The zero-order chi connectivity index (χ0) is 21.1. The Labute approximate surface area is 170 Å². The fraction of sp³-hybridized carbons (Fsp3) is 0.455. The van der Waals surface area contributed by atoms with Gasteiger partial charge in [0.25, 0.3) is 5.91 Å². The number of benzene rings is 1. The summed E-state index contributed by atoms with van der Waals surface area (Å²) in [5.74, 6) is 0.844. The number of hydrogen-bond acceptors (Lipinski definition) is 5. The molecule has 0 saturated carbocycles. The van der Waals surface area contributed by atoms with E-state index in [0.717, 1.165) is 5.56 Å². The van der Waals surface area contributed by atoms with E-state index in [2.05, 4.69) is 10.3 Å². The summed E-state index contributed by atoms with van der Waals surface area (Å²) in [5, 5.41) is 3.09. The van der Waals surface area contributed by atoms with Crippen LogP contribution in [0.5, 0.6) is 11.5 Å². The number of ether oxygens (including phenoxy) is 3. The molecule has 7 nitrogen and oxygen atoms in total. The smallest absolute Gasteiger partial charge is 0.340 e. The number of nitrogens with one attached hydrogen (secondary N) is 2. The second kappa shape index (κ2) is 8.59. The van der Waals surface area contributed by atoms with Crippen LogP contribution in [0.15, 0.2) is 18.2 Å². The molecule has 156 valence electrons. The van der Waals surface area contributed by atoms with Crippen molar-refractivity contribution >= 4 is 11.9 Å². The molecule has 3 rings (SSSR count). The Balaban J connectivity index is 1.86. The molecule has 29 heavy (non-hydrogen) atoms. The number of carbonyl (C=O) groups is 2. The van der Waals surface area contributed by atoms with Crippen molar-refractivity contribution < 1.29 is 23.8 Å². The number of carbonyl (C=O) groups excluding carboxylic acids is 2. The van der Waals surface area contributed by atoms with Crippen molar-refractivity contribution in [2.75, 3.05) is 19.8 Å². The number of aromatic nitrogens is 1. The Morgan fingerprint density at radius 2 is 1.86 bits per heavy atom. The number of amides is 1. The predicted molar refractivity (Wildman–Crippen MR) is 109 cm³/mol. The molecule has 1 atom stereocenters. The van der Waals surface area contributed by atoms with Crippen LogP contribution >= 0.6 is 0 Å². The van der Waals surface area contributed by atoms with Crippen molar-refractivity contribution in [1.82, 2.24) is 10.3 Å². The zero-order valence-electron chi connectivity index (χ0n) is 17.5. The first-order chi connectivity index (χ1) is 13.8. The molecule has 1 aromatic carbocycles. The molecular weight excluding hydrogens is 372 g/mol. The van der Waals surface area contributed by atoms with E-state index in [-0.39, 0.29) is 24.5 Å². The van der Waals surface area contributed by atoms with Crippen LogP contribution in [0.1, 0.15) is 64.5 Å². The van der Waals surface area contributed by atoms with Gasteiger partial charge in [-0.1, -0.05) is 19.9 Å². The van der Waals surface area contributed by atoms with Gasteiger partial charge >= 0.3 is 5.97 Å². The summed E-state index contributed by atoms with van der Waals surface area (Å²) in [7, 11) is 0. The fourth-order valence-electron chi connectivity index (χ4n) is 3.59. The Bertz CT molecular complexity index is 916. The number of fused-ring (bicyclic) bond motifs is 1. The van der Waals surface area contributed by atoms with E-state index in [1.54, 1.807) is 20.8 Å². The van der Waals surface area contributed by atoms with Gasteiger partial charge in [0.15, 0.2) is 11.5 Å². The summed E-state index contributed by atoms with van der Waals surface area (Å²) in [6.45, 7) is 10.7. The predicted octanol–water partition coefficient (Wildman–Crippen LogP) is 3.71. The van der Waals surface area contributed by atoms with E-state index >= 15 is 0 Å². The third-order valence-corrected chi connectivity index (χ3v) is 5.02. The molecule has 2 heterocycles. The van der Waals surface area contributed by atoms with E-state index < -0.39 is 5.97 Å². The Morgan fingerprint density at radius 3 is 2.52 bits per heavy atom. The van der Waals surface area contributed by atoms with Gasteiger partial charge in [0.2, 0.25) is 0 Å². The van der Waals surface area contributed by atoms with Gasteiger partial charge in [0.1, 0.15) is 18.9 Å². The van der Waals surface area contributed by atoms with Crippen LogP contribution < -0.4 is 14.8 Å². The standard InChI is InChI=1S/C22H28N2O5/c1-6-27-22(26)18-13(4)20(23-14(18)5)21(25)24-19(12(2)3)15-7-8-16-17(11-15)29-10-9-28-16/h7-8,11-12,19,23H,6,9-10H2,1-5H3,(H,24,25). The summed E-state index contributed by atoms with van der Waals surface area (Å²) in [5.41, 5.74) is 2.92. The second-order valence-electron chi connectivity index (χ2n) is 7.44. The first-order valence-corrected chi connectivity index (χ1v) is 9.90. The van der Waals surface area contributed by atoms with Gasteiger partial charge < -0.3 is 24.5 Å². The van der Waals surface area contributed by atoms with Gasteiger partial charge in [-0.25, -0.2) is 4.79 Å². The van der Waals surface area contributed by atoms with Gasteiger partial charge in [-0.3, -0.25) is 4.79 Å². The van der Waals surface area contributed by atoms with Crippen molar-refractivity contribution in [3.63, 3.8) is 0 Å². The van der Waals surface area contributed by atoms with Crippen LogP contribution in [0.25, 0.3) is 0 Å². The minimum atomic E-state index is -0.426. The maximum atomic E-state index is 13.0. The van der Waals surface area contributed by atoms with Crippen molar-refractivity contribution in [3.8, 4) is 11.5 Å². The molecule has 0 bridgehead atoms. The van der Waals surface area contributed by atoms with Gasteiger partial charge in [0, 0.05) is 5.69 Å². The summed E-state index contributed by atoms with van der Waals surface area (Å²) in [6.07, 6.45) is 0. The maximum Gasteiger partial charge on any atom is 0.340 e. The van der Waals surface area contributed by atoms with Crippen LogP contribution in [-0.2, 0) is 4.74 Å². The number of hydrogen-bond donors (Lipinski definition) is 2. The molecule has 1 aliphatic rings. The van der Waals surface area contributed by atoms with Crippen LogP contribution in [0.2, 0.25) is 0 Å². The molecule has 0 fully saturated rings.